The van der Waals surface area contributed by atoms with Crippen molar-refractivity contribution in [2.75, 3.05) is 31.6 Å². The van der Waals surface area contributed by atoms with Crippen molar-refractivity contribution in [1.82, 2.24) is 15.6 Å². The molecule has 3 aliphatic rings. The van der Waals surface area contributed by atoms with E-state index in [9.17, 15) is 22.8 Å². The quantitative estimate of drug-likeness (QED) is 0.725. The van der Waals surface area contributed by atoms with Crippen molar-refractivity contribution in [2.24, 2.45) is 17.8 Å². The average molecular weight is 454 g/mol. The van der Waals surface area contributed by atoms with E-state index in [4.69, 9.17) is 4.74 Å². The summed E-state index contributed by atoms with van der Waals surface area (Å²) in [4.78, 5) is 30.2. The molecule has 11 heteroatoms. The van der Waals surface area contributed by atoms with Gasteiger partial charge in [0.05, 0.1) is 21.3 Å². The summed E-state index contributed by atoms with van der Waals surface area (Å²) >= 11 is 0.864. The lowest BCUT2D eigenvalue weighted by atomic mass is 10.1. The van der Waals surface area contributed by atoms with Crippen molar-refractivity contribution >= 4 is 39.4 Å². The van der Waals surface area contributed by atoms with Crippen LogP contribution in [0.4, 0.5) is 23.8 Å². The number of halogens is 3. The second-order valence-electron chi connectivity index (χ2n) is 8.36. The highest BCUT2D eigenvalue weighted by atomic mass is 32.1. The van der Waals surface area contributed by atoms with Crippen LogP contribution in [0.1, 0.15) is 28.8 Å². The van der Waals surface area contributed by atoms with E-state index in [0.717, 1.165) is 30.2 Å². The first-order chi connectivity index (χ1) is 14.8. The number of alkyl carbamates (subject to hydrolysis) is 1. The van der Waals surface area contributed by atoms with Crippen LogP contribution < -0.4 is 15.5 Å². The zero-order chi connectivity index (χ0) is 21.9. The molecule has 31 heavy (non-hydrogen) atoms. The van der Waals surface area contributed by atoms with Crippen LogP contribution in [0.25, 0.3) is 10.2 Å². The van der Waals surface area contributed by atoms with Crippen LogP contribution in [-0.2, 0) is 10.9 Å². The fourth-order valence-electron chi connectivity index (χ4n) is 4.21. The number of hydrogen-bond acceptors (Lipinski definition) is 6. The Morgan fingerprint density at radius 3 is 2.61 bits per heavy atom. The number of anilines is 1. The standard InChI is InChI=1S/C20H21F3N4O3S/c1-24-18(28)12-8-31-17-13(20(21,22)23)4-14(26-15(12)17)27-6-10-11(7-27)16(10)30-19(29)25-5-9-2-3-9/h4,8-11,16H,2-3,5-7H2,1H3,(H,24,28)(H,25,29). The highest BCUT2D eigenvalue weighted by Gasteiger charge is 2.59. The highest BCUT2D eigenvalue weighted by Crippen LogP contribution is 2.49. The van der Waals surface area contributed by atoms with Gasteiger partial charge in [0.15, 0.2) is 0 Å². The summed E-state index contributed by atoms with van der Waals surface area (Å²) in [6, 6.07) is 1.05. The number of pyridine rings is 1. The van der Waals surface area contributed by atoms with Gasteiger partial charge in [0.2, 0.25) is 0 Å². The fraction of sp³-hybridized carbons (Fsp3) is 0.550. The summed E-state index contributed by atoms with van der Waals surface area (Å²) in [7, 11) is 1.43. The summed E-state index contributed by atoms with van der Waals surface area (Å²) in [6.07, 6.45) is -2.93. The first kappa shape index (κ1) is 20.3. The van der Waals surface area contributed by atoms with Gasteiger partial charge in [0.1, 0.15) is 11.9 Å². The SMILES string of the molecule is CNC(=O)c1csc2c(C(F)(F)F)cc(N3CC4C(C3)C4OC(=O)NCC3CC3)nc12. The van der Waals surface area contributed by atoms with Gasteiger partial charge in [0, 0.05) is 43.9 Å². The third kappa shape index (κ3) is 3.79. The Bertz CT molecular complexity index is 1040. The van der Waals surface area contributed by atoms with Crippen molar-refractivity contribution in [2.45, 2.75) is 25.1 Å². The van der Waals surface area contributed by atoms with E-state index in [1.807, 2.05) is 0 Å². The van der Waals surface area contributed by atoms with Gasteiger partial charge < -0.3 is 20.3 Å². The minimum absolute atomic E-state index is 0.0484. The van der Waals surface area contributed by atoms with E-state index in [2.05, 4.69) is 15.6 Å². The molecule has 2 saturated carbocycles. The summed E-state index contributed by atoms with van der Waals surface area (Å²) in [5.41, 5.74) is -0.602. The lowest BCUT2D eigenvalue weighted by molar-refractivity contribution is -0.136. The Kier molecular flexibility index (Phi) is 4.76. The number of hydrogen-bond donors (Lipinski definition) is 2. The number of piperidine rings is 1. The third-order valence-electron chi connectivity index (χ3n) is 6.20. The van der Waals surface area contributed by atoms with Gasteiger partial charge >= 0.3 is 12.3 Å². The zero-order valence-electron chi connectivity index (χ0n) is 16.7. The fourth-order valence-corrected chi connectivity index (χ4v) is 5.24. The van der Waals surface area contributed by atoms with Crippen LogP contribution >= 0.6 is 11.3 Å². The topological polar surface area (TPSA) is 83.6 Å². The predicted octanol–water partition coefficient (Wildman–Crippen LogP) is 3.25. The number of nitrogens with zero attached hydrogens (tertiary/aromatic N) is 2. The van der Waals surface area contributed by atoms with E-state index in [-0.39, 0.29) is 39.5 Å². The number of alkyl halides is 3. The van der Waals surface area contributed by atoms with Crippen molar-refractivity contribution in [3.8, 4) is 0 Å². The molecule has 0 bridgehead atoms. The van der Waals surface area contributed by atoms with Crippen LogP contribution in [0.15, 0.2) is 11.4 Å². The first-order valence-electron chi connectivity index (χ1n) is 10.2. The number of thiophene rings is 1. The molecule has 0 radical (unpaired) electrons. The van der Waals surface area contributed by atoms with Gasteiger partial charge in [0.25, 0.3) is 5.91 Å². The molecule has 0 spiro atoms. The molecule has 2 amide bonds. The van der Waals surface area contributed by atoms with Gasteiger partial charge in [-0.2, -0.15) is 13.2 Å². The molecule has 2 N–H and O–H groups in total. The number of nitrogens with one attached hydrogen (secondary N) is 2. The molecule has 1 saturated heterocycles. The number of aromatic nitrogens is 1. The Morgan fingerprint density at radius 1 is 1.29 bits per heavy atom. The molecule has 2 aliphatic carbocycles. The minimum atomic E-state index is -4.56. The van der Waals surface area contributed by atoms with Gasteiger partial charge in [-0.3, -0.25) is 4.79 Å². The number of carbonyl (C=O) groups excluding carboxylic acids is 2. The van der Waals surface area contributed by atoms with Crippen LogP contribution in [0.2, 0.25) is 0 Å². The number of fused-ring (bicyclic) bond motifs is 2. The van der Waals surface area contributed by atoms with Crippen molar-refractivity contribution < 1.29 is 27.5 Å². The Hall–Kier alpha value is -2.56. The van der Waals surface area contributed by atoms with E-state index in [0.29, 0.717) is 25.6 Å². The molecule has 1 aliphatic heterocycles. The van der Waals surface area contributed by atoms with Crippen LogP contribution in [0, 0.1) is 17.8 Å². The molecule has 2 unspecified atom stereocenters. The molecule has 2 aromatic heterocycles. The summed E-state index contributed by atoms with van der Waals surface area (Å²) in [6.45, 7) is 1.55. The number of rotatable bonds is 5. The van der Waals surface area contributed by atoms with E-state index in [1.54, 1.807) is 4.90 Å². The molecule has 3 heterocycles. The van der Waals surface area contributed by atoms with Crippen LogP contribution in [-0.4, -0.2) is 49.8 Å². The number of carbonyl (C=O) groups is 2. The molecule has 0 aromatic carbocycles. The molecular weight excluding hydrogens is 433 g/mol. The summed E-state index contributed by atoms with van der Waals surface area (Å²) in [5.74, 6) is 0.438. The van der Waals surface area contributed by atoms with Crippen LogP contribution in [0.3, 0.4) is 0 Å². The number of amides is 2. The van der Waals surface area contributed by atoms with Crippen molar-refractivity contribution in [3.05, 3.63) is 22.6 Å². The molecule has 7 nitrogen and oxygen atoms in total. The average Bonchev–Trinajstić information content (AvgIpc) is 3.56. The van der Waals surface area contributed by atoms with Gasteiger partial charge in [-0.1, -0.05) is 0 Å². The molecule has 2 aromatic rings. The maximum absolute atomic E-state index is 13.7. The maximum atomic E-state index is 13.7. The lowest BCUT2D eigenvalue weighted by Gasteiger charge is -2.22. The van der Waals surface area contributed by atoms with Gasteiger partial charge in [-0.05, 0) is 24.8 Å². The summed E-state index contributed by atoms with van der Waals surface area (Å²) in [5, 5.41) is 6.61. The third-order valence-corrected chi connectivity index (χ3v) is 7.20. The first-order valence-corrected chi connectivity index (χ1v) is 11.0. The van der Waals surface area contributed by atoms with E-state index in [1.165, 1.54) is 12.4 Å². The minimum Gasteiger partial charge on any atom is -0.445 e. The molecule has 2 atom stereocenters. The Labute approximate surface area is 179 Å². The normalized spacial score (nSPS) is 24.8. The Balaban J connectivity index is 1.33. The smallest absolute Gasteiger partial charge is 0.417 e. The molecular formula is C20H21F3N4O3S. The van der Waals surface area contributed by atoms with Gasteiger partial charge in [-0.25, -0.2) is 9.78 Å². The van der Waals surface area contributed by atoms with Crippen molar-refractivity contribution in [1.29, 1.82) is 0 Å². The number of ether oxygens (including phenoxy) is 1. The van der Waals surface area contributed by atoms with E-state index >= 15 is 0 Å². The molecule has 3 fully saturated rings. The Morgan fingerprint density at radius 2 is 2.00 bits per heavy atom. The summed E-state index contributed by atoms with van der Waals surface area (Å²) < 4.78 is 46.5. The van der Waals surface area contributed by atoms with E-state index < -0.39 is 23.7 Å². The van der Waals surface area contributed by atoms with Crippen molar-refractivity contribution in [3.63, 3.8) is 0 Å². The predicted molar refractivity (Wildman–Crippen MR) is 108 cm³/mol. The molecule has 166 valence electrons. The maximum Gasteiger partial charge on any atom is 0.417 e. The van der Waals surface area contributed by atoms with Crippen LogP contribution in [0.5, 0.6) is 0 Å². The van der Waals surface area contributed by atoms with Gasteiger partial charge in [-0.15, -0.1) is 11.3 Å². The monoisotopic (exact) mass is 454 g/mol. The highest BCUT2D eigenvalue weighted by molar-refractivity contribution is 7.17. The largest absolute Gasteiger partial charge is 0.445 e. The lowest BCUT2D eigenvalue weighted by Crippen LogP contribution is -2.31. The molecule has 5 rings (SSSR count). The second kappa shape index (κ2) is 7.25. The zero-order valence-corrected chi connectivity index (χ0v) is 17.5. The second-order valence-corrected chi connectivity index (χ2v) is 9.24.